The molecule has 0 aliphatic carbocycles. The number of fused-ring (bicyclic) bond motifs is 1. The van der Waals surface area contributed by atoms with E-state index in [1.54, 1.807) is 26.8 Å². The Hall–Kier alpha value is -1.73. The number of hydrogen-bond acceptors (Lipinski definition) is 4. The lowest BCUT2D eigenvalue weighted by atomic mass is 10.2. The summed E-state index contributed by atoms with van der Waals surface area (Å²) in [6, 6.07) is 1.96. The lowest BCUT2D eigenvalue weighted by Crippen LogP contribution is -2.22. The summed E-state index contributed by atoms with van der Waals surface area (Å²) in [6.45, 7) is 4.51. The van der Waals surface area contributed by atoms with Crippen molar-refractivity contribution >= 4 is 33.8 Å². The number of aromatic nitrogens is 4. The Bertz CT molecular complexity index is 929. The molecule has 7 heteroatoms. The van der Waals surface area contributed by atoms with Crippen molar-refractivity contribution in [2.45, 2.75) is 26.8 Å². The van der Waals surface area contributed by atoms with Gasteiger partial charge in [0, 0.05) is 23.2 Å². The van der Waals surface area contributed by atoms with E-state index in [1.807, 2.05) is 20.0 Å². The first kappa shape index (κ1) is 14.2. The number of nitrogens with one attached hydrogen (secondary N) is 1. The van der Waals surface area contributed by atoms with Gasteiger partial charge in [-0.15, -0.1) is 11.3 Å². The van der Waals surface area contributed by atoms with E-state index < -0.39 is 0 Å². The maximum absolute atomic E-state index is 12.7. The summed E-state index contributed by atoms with van der Waals surface area (Å²) in [6.07, 6.45) is 2.70. The zero-order valence-corrected chi connectivity index (χ0v) is 13.8. The van der Waals surface area contributed by atoms with Gasteiger partial charge < -0.3 is 4.98 Å². The summed E-state index contributed by atoms with van der Waals surface area (Å²) >= 11 is 6.94. The fourth-order valence-electron chi connectivity index (χ4n) is 2.28. The van der Waals surface area contributed by atoms with Crippen LogP contribution in [0.15, 0.2) is 17.1 Å². The Morgan fingerprint density at radius 2 is 2.24 bits per heavy atom. The van der Waals surface area contributed by atoms with E-state index in [1.165, 1.54) is 4.88 Å². The van der Waals surface area contributed by atoms with Crippen molar-refractivity contribution in [2.24, 2.45) is 7.05 Å². The molecular weight excluding hydrogens is 304 g/mol. The Balaban J connectivity index is 2.16. The Morgan fingerprint density at radius 1 is 1.48 bits per heavy atom. The molecule has 0 aromatic carbocycles. The van der Waals surface area contributed by atoms with Gasteiger partial charge in [-0.3, -0.25) is 14.0 Å². The summed E-state index contributed by atoms with van der Waals surface area (Å²) in [5, 5.41) is 4.93. The highest BCUT2D eigenvalue weighted by molar-refractivity contribution is 7.71. The molecule has 21 heavy (non-hydrogen) atoms. The highest BCUT2D eigenvalue weighted by Gasteiger charge is 2.11. The first-order valence-electron chi connectivity index (χ1n) is 6.74. The Labute approximate surface area is 130 Å². The van der Waals surface area contributed by atoms with Crippen LogP contribution >= 0.6 is 23.6 Å². The molecule has 0 atom stereocenters. The standard InChI is InChI=1S/C14H16N4OS2/c1-4-10-5-11-12(21-10)16-14(20)18(13(11)19)7-9-6-15-17(3)8(9)2/h5-6H,4,7H2,1-3H3,(H,16,20). The largest absolute Gasteiger partial charge is 0.323 e. The number of H-pyrrole nitrogens is 1. The zero-order valence-electron chi connectivity index (χ0n) is 12.1. The second-order valence-corrected chi connectivity index (χ2v) is 6.53. The highest BCUT2D eigenvalue weighted by atomic mass is 32.1. The fourth-order valence-corrected chi connectivity index (χ4v) is 3.58. The lowest BCUT2D eigenvalue weighted by Gasteiger charge is -2.06. The molecule has 0 spiro atoms. The molecule has 110 valence electrons. The number of aryl methyl sites for hydroxylation is 2. The van der Waals surface area contributed by atoms with Gasteiger partial charge in [-0.2, -0.15) is 5.10 Å². The second-order valence-electron chi connectivity index (χ2n) is 5.01. The van der Waals surface area contributed by atoms with Gasteiger partial charge in [0.1, 0.15) is 4.83 Å². The van der Waals surface area contributed by atoms with Crippen LogP contribution in [0.25, 0.3) is 10.2 Å². The third-order valence-corrected chi connectivity index (χ3v) is 5.26. The van der Waals surface area contributed by atoms with Crippen LogP contribution in [0.1, 0.15) is 23.1 Å². The van der Waals surface area contributed by atoms with Crippen LogP contribution in [0.3, 0.4) is 0 Å². The molecule has 0 saturated heterocycles. The molecule has 3 aromatic rings. The van der Waals surface area contributed by atoms with Crippen molar-refractivity contribution in [3.8, 4) is 0 Å². The SMILES string of the molecule is CCc1cc2c(=O)n(Cc3cnn(C)c3C)c(=S)[nH]c2s1. The molecule has 0 aliphatic heterocycles. The molecule has 0 unspecified atom stereocenters. The van der Waals surface area contributed by atoms with Gasteiger partial charge in [-0.05, 0) is 31.6 Å². The molecule has 1 N–H and O–H groups in total. The first-order chi connectivity index (χ1) is 10.0. The zero-order chi connectivity index (χ0) is 15.1. The molecule has 0 aliphatic rings. The number of thiophene rings is 1. The van der Waals surface area contributed by atoms with Crippen LogP contribution in [-0.2, 0) is 20.0 Å². The molecule has 0 bridgehead atoms. The lowest BCUT2D eigenvalue weighted by molar-refractivity contribution is 0.715. The first-order valence-corrected chi connectivity index (χ1v) is 7.96. The maximum Gasteiger partial charge on any atom is 0.263 e. The summed E-state index contributed by atoms with van der Waals surface area (Å²) in [4.78, 5) is 17.9. The third-order valence-electron chi connectivity index (χ3n) is 3.74. The maximum atomic E-state index is 12.7. The van der Waals surface area contributed by atoms with Gasteiger partial charge in [-0.1, -0.05) is 6.92 Å². The number of aromatic amines is 1. The van der Waals surface area contributed by atoms with Crippen LogP contribution in [0.5, 0.6) is 0 Å². The normalized spacial score (nSPS) is 11.4. The molecule has 0 saturated carbocycles. The highest BCUT2D eigenvalue weighted by Crippen LogP contribution is 2.21. The molecular formula is C14H16N4OS2. The average Bonchev–Trinajstić information content (AvgIpc) is 3.01. The minimum atomic E-state index is -0.0343. The van der Waals surface area contributed by atoms with Crippen LogP contribution in [0.2, 0.25) is 0 Å². The van der Waals surface area contributed by atoms with E-state index in [-0.39, 0.29) is 5.56 Å². The van der Waals surface area contributed by atoms with E-state index in [0.717, 1.165) is 22.5 Å². The predicted molar refractivity (Wildman–Crippen MR) is 87.7 cm³/mol. The average molecular weight is 320 g/mol. The molecule has 3 aromatic heterocycles. The molecule has 0 amide bonds. The summed E-state index contributed by atoms with van der Waals surface area (Å²) in [5.41, 5.74) is 2.01. The minimum absolute atomic E-state index is 0.0343. The molecule has 3 rings (SSSR count). The monoisotopic (exact) mass is 320 g/mol. The fraction of sp³-hybridized carbons (Fsp3) is 0.357. The van der Waals surface area contributed by atoms with E-state index in [2.05, 4.69) is 17.0 Å². The minimum Gasteiger partial charge on any atom is -0.323 e. The van der Waals surface area contributed by atoms with E-state index in [0.29, 0.717) is 16.7 Å². The quantitative estimate of drug-likeness (QED) is 0.755. The molecule has 0 radical (unpaired) electrons. The van der Waals surface area contributed by atoms with Crippen molar-refractivity contribution in [1.82, 2.24) is 19.3 Å². The third kappa shape index (κ3) is 2.36. The summed E-state index contributed by atoms with van der Waals surface area (Å²) in [7, 11) is 1.89. The number of hydrogen-bond donors (Lipinski definition) is 1. The Kier molecular flexibility index (Phi) is 3.54. The second kappa shape index (κ2) is 5.23. The van der Waals surface area contributed by atoms with Crippen molar-refractivity contribution < 1.29 is 0 Å². The predicted octanol–water partition coefficient (Wildman–Crippen LogP) is 2.77. The summed E-state index contributed by atoms with van der Waals surface area (Å²) in [5.74, 6) is 0. The smallest absolute Gasteiger partial charge is 0.263 e. The van der Waals surface area contributed by atoms with Crippen molar-refractivity contribution in [2.75, 3.05) is 0 Å². The van der Waals surface area contributed by atoms with Gasteiger partial charge in [0.15, 0.2) is 4.77 Å². The van der Waals surface area contributed by atoms with Gasteiger partial charge >= 0.3 is 0 Å². The van der Waals surface area contributed by atoms with Crippen LogP contribution in [-0.4, -0.2) is 19.3 Å². The van der Waals surface area contributed by atoms with Crippen LogP contribution in [0.4, 0.5) is 0 Å². The Morgan fingerprint density at radius 3 is 2.86 bits per heavy atom. The van der Waals surface area contributed by atoms with Gasteiger partial charge in [-0.25, -0.2) is 0 Å². The van der Waals surface area contributed by atoms with Crippen molar-refractivity contribution in [3.05, 3.63) is 43.5 Å². The van der Waals surface area contributed by atoms with E-state index in [4.69, 9.17) is 12.2 Å². The van der Waals surface area contributed by atoms with Gasteiger partial charge in [0.05, 0.1) is 18.1 Å². The van der Waals surface area contributed by atoms with Crippen molar-refractivity contribution in [1.29, 1.82) is 0 Å². The van der Waals surface area contributed by atoms with Gasteiger partial charge in [0.25, 0.3) is 5.56 Å². The van der Waals surface area contributed by atoms with Crippen molar-refractivity contribution in [3.63, 3.8) is 0 Å². The van der Waals surface area contributed by atoms with E-state index in [9.17, 15) is 4.79 Å². The topological polar surface area (TPSA) is 55.6 Å². The molecule has 3 heterocycles. The summed E-state index contributed by atoms with van der Waals surface area (Å²) < 4.78 is 3.86. The number of nitrogens with zero attached hydrogens (tertiary/aromatic N) is 3. The van der Waals surface area contributed by atoms with E-state index >= 15 is 0 Å². The molecule has 0 fully saturated rings. The van der Waals surface area contributed by atoms with Gasteiger partial charge in [0.2, 0.25) is 0 Å². The molecule has 5 nitrogen and oxygen atoms in total. The van der Waals surface area contributed by atoms with Crippen LogP contribution in [0, 0.1) is 11.7 Å². The van der Waals surface area contributed by atoms with Crippen LogP contribution < -0.4 is 5.56 Å². The number of rotatable bonds is 3.